The SMILES string of the molecule is c1ccc(-c2cc(-c3ccccc3)cc(N3c4ccccc4B4c5ccc(-n6c7ccccc7c7ccccc76)cc5N(c5cc(-c6ccccc6)cc(-c6ccccc6)c5)c5cccc3c54)c2)cc1. The summed E-state index contributed by atoms with van der Waals surface area (Å²) in [5, 5.41) is 2.50. The van der Waals surface area contributed by atoms with E-state index in [0.29, 0.717) is 0 Å². The second kappa shape index (κ2) is 16.3. The number of hydrogen-bond acceptors (Lipinski definition) is 2. The van der Waals surface area contributed by atoms with Crippen LogP contribution in [-0.4, -0.2) is 11.3 Å². The molecule has 0 aliphatic carbocycles. The van der Waals surface area contributed by atoms with Crippen LogP contribution >= 0.6 is 0 Å². The molecule has 4 heteroatoms. The third-order valence-corrected chi connectivity index (χ3v) is 14.5. The monoisotopic (exact) mass is 889 g/mol. The Labute approximate surface area is 408 Å². The van der Waals surface area contributed by atoms with Crippen molar-refractivity contribution in [2.75, 3.05) is 9.80 Å². The molecular formula is C66H44BN3. The van der Waals surface area contributed by atoms with Gasteiger partial charge in [0.05, 0.1) is 11.0 Å². The maximum Gasteiger partial charge on any atom is 0.252 e. The third-order valence-electron chi connectivity index (χ3n) is 14.5. The lowest BCUT2D eigenvalue weighted by Gasteiger charge is -2.44. The Morgan fingerprint density at radius 2 is 0.629 bits per heavy atom. The molecule has 0 radical (unpaired) electrons. The van der Waals surface area contributed by atoms with Crippen LogP contribution < -0.4 is 26.2 Å². The first-order valence-electron chi connectivity index (χ1n) is 24.2. The lowest BCUT2D eigenvalue weighted by atomic mass is 9.33. The van der Waals surface area contributed by atoms with Crippen LogP contribution in [0.5, 0.6) is 0 Å². The van der Waals surface area contributed by atoms with Gasteiger partial charge in [0, 0.05) is 50.6 Å². The molecule has 3 heterocycles. The summed E-state index contributed by atoms with van der Waals surface area (Å²) in [6.07, 6.45) is 0. The standard InChI is InChI=1S/C66H44BN3/c1-5-20-45(21-6-1)49-38-50(46-22-7-2-8-23-46)41-54(40-49)69-62-33-18-15-30-58(62)67-59-37-36-53(68-60-31-16-13-28-56(60)57-29-14-17-32-61(57)68)44-65(59)70(64-35-19-34-63(69)66(64)67)55-42-51(47-24-9-3-10-25-47)39-52(43-55)48-26-11-4-12-27-48/h1-44H. The highest BCUT2D eigenvalue weighted by molar-refractivity contribution is 7.00. The van der Waals surface area contributed by atoms with E-state index in [0.717, 1.165) is 17.1 Å². The predicted molar refractivity (Wildman–Crippen MR) is 297 cm³/mol. The maximum absolute atomic E-state index is 2.56. The fraction of sp³-hybridized carbons (Fsp3) is 0. The van der Waals surface area contributed by atoms with Gasteiger partial charge in [0.1, 0.15) is 0 Å². The summed E-state index contributed by atoms with van der Waals surface area (Å²) in [6, 6.07) is 98.3. The van der Waals surface area contributed by atoms with Crippen molar-refractivity contribution < 1.29 is 0 Å². The van der Waals surface area contributed by atoms with Crippen LogP contribution in [0.2, 0.25) is 0 Å². The zero-order chi connectivity index (χ0) is 46.1. The van der Waals surface area contributed by atoms with Crippen LogP contribution in [0, 0.1) is 0 Å². The Kier molecular flexibility index (Phi) is 9.31. The molecule has 70 heavy (non-hydrogen) atoms. The number of rotatable bonds is 7. The Bertz CT molecular complexity index is 3790. The Morgan fingerprint density at radius 3 is 1.11 bits per heavy atom. The fourth-order valence-corrected chi connectivity index (χ4v) is 11.4. The van der Waals surface area contributed by atoms with E-state index in [1.165, 1.54) is 105 Å². The smallest absolute Gasteiger partial charge is 0.252 e. The molecule has 0 bridgehead atoms. The molecule has 326 valence electrons. The first-order valence-corrected chi connectivity index (χ1v) is 24.2. The molecule has 0 saturated carbocycles. The highest BCUT2D eigenvalue weighted by atomic mass is 15.2. The minimum absolute atomic E-state index is 0.0334. The normalized spacial score (nSPS) is 12.5. The number of para-hydroxylation sites is 3. The summed E-state index contributed by atoms with van der Waals surface area (Å²) >= 11 is 0. The van der Waals surface area contributed by atoms with Crippen molar-refractivity contribution in [2.24, 2.45) is 0 Å². The number of nitrogens with zero attached hydrogens (tertiary/aromatic N) is 3. The van der Waals surface area contributed by atoms with E-state index in [2.05, 4.69) is 281 Å². The van der Waals surface area contributed by atoms with Gasteiger partial charge in [0.15, 0.2) is 0 Å². The van der Waals surface area contributed by atoms with Gasteiger partial charge in [-0.1, -0.05) is 188 Å². The highest BCUT2D eigenvalue weighted by Crippen LogP contribution is 2.47. The fourth-order valence-electron chi connectivity index (χ4n) is 11.4. The van der Waals surface area contributed by atoms with E-state index in [1.807, 2.05) is 0 Å². The van der Waals surface area contributed by atoms with Gasteiger partial charge in [0.25, 0.3) is 6.71 Å². The highest BCUT2D eigenvalue weighted by Gasteiger charge is 2.43. The molecule has 0 amide bonds. The molecule has 1 aromatic heterocycles. The molecule has 0 spiro atoms. The average molecular weight is 890 g/mol. The van der Waals surface area contributed by atoms with E-state index < -0.39 is 0 Å². The van der Waals surface area contributed by atoms with Crippen LogP contribution in [0.1, 0.15) is 0 Å². The molecular weight excluding hydrogens is 846 g/mol. The number of aromatic nitrogens is 1. The zero-order valence-electron chi connectivity index (χ0n) is 38.3. The lowest BCUT2D eigenvalue weighted by molar-refractivity contribution is 1.17. The van der Waals surface area contributed by atoms with Gasteiger partial charge >= 0.3 is 0 Å². The van der Waals surface area contributed by atoms with Gasteiger partial charge in [-0.15, -0.1) is 0 Å². The van der Waals surface area contributed by atoms with E-state index in [-0.39, 0.29) is 6.71 Å². The summed E-state index contributed by atoms with van der Waals surface area (Å²) in [5.74, 6) is 0. The van der Waals surface area contributed by atoms with Crippen molar-refractivity contribution in [3.8, 4) is 50.2 Å². The minimum Gasteiger partial charge on any atom is -0.311 e. The van der Waals surface area contributed by atoms with Gasteiger partial charge in [-0.2, -0.15) is 0 Å². The third kappa shape index (κ3) is 6.45. The summed E-state index contributed by atoms with van der Waals surface area (Å²) in [7, 11) is 0. The molecule has 0 unspecified atom stereocenters. The first-order chi connectivity index (χ1) is 34.7. The maximum atomic E-state index is 2.56. The van der Waals surface area contributed by atoms with Crippen LogP contribution in [0.15, 0.2) is 267 Å². The topological polar surface area (TPSA) is 11.4 Å². The molecule has 2 aliphatic heterocycles. The summed E-state index contributed by atoms with van der Waals surface area (Å²) in [4.78, 5) is 5.08. The second-order valence-electron chi connectivity index (χ2n) is 18.5. The second-order valence-corrected chi connectivity index (χ2v) is 18.5. The molecule has 2 aliphatic rings. The minimum atomic E-state index is -0.0334. The molecule has 3 nitrogen and oxygen atoms in total. The quantitative estimate of drug-likeness (QED) is 0.148. The molecule has 0 fully saturated rings. The number of hydrogen-bond donors (Lipinski definition) is 0. The van der Waals surface area contributed by atoms with Gasteiger partial charge < -0.3 is 14.4 Å². The van der Waals surface area contributed by atoms with Crippen molar-refractivity contribution in [3.05, 3.63) is 267 Å². The number of benzene rings is 11. The first kappa shape index (κ1) is 40.0. The van der Waals surface area contributed by atoms with E-state index in [1.54, 1.807) is 0 Å². The predicted octanol–water partition coefficient (Wildman–Crippen LogP) is 15.5. The Hall–Kier alpha value is -9.12. The molecule has 0 saturated heterocycles. The molecule has 0 N–H and O–H groups in total. The van der Waals surface area contributed by atoms with Crippen LogP contribution in [0.4, 0.5) is 34.1 Å². The van der Waals surface area contributed by atoms with Gasteiger partial charge in [0.2, 0.25) is 0 Å². The van der Waals surface area contributed by atoms with Crippen molar-refractivity contribution in [1.29, 1.82) is 0 Å². The molecule has 11 aromatic carbocycles. The zero-order valence-corrected chi connectivity index (χ0v) is 38.3. The van der Waals surface area contributed by atoms with Crippen molar-refractivity contribution in [3.63, 3.8) is 0 Å². The van der Waals surface area contributed by atoms with Crippen molar-refractivity contribution >= 4 is 79.0 Å². The Morgan fingerprint density at radius 1 is 0.243 bits per heavy atom. The van der Waals surface area contributed by atoms with Gasteiger partial charge in [-0.3, -0.25) is 0 Å². The van der Waals surface area contributed by atoms with E-state index in [9.17, 15) is 0 Å². The van der Waals surface area contributed by atoms with E-state index in [4.69, 9.17) is 0 Å². The molecule has 12 aromatic rings. The summed E-state index contributed by atoms with van der Waals surface area (Å²) in [6.45, 7) is -0.0334. The van der Waals surface area contributed by atoms with Gasteiger partial charge in [-0.05, 0) is 140 Å². The van der Waals surface area contributed by atoms with Crippen molar-refractivity contribution in [2.45, 2.75) is 0 Å². The van der Waals surface area contributed by atoms with Crippen LogP contribution in [-0.2, 0) is 0 Å². The average Bonchev–Trinajstić information content (AvgIpc) is 3.78. The number of fused-ring (bicyclic) bond motifs is 7. The number of anilines is 6. The lowest BCUT2D eigenvalue weighted by Crippen LogP contribution is -2.61. The van der Waals surface area contributed by atoms with Crippen LogP contribution in [0.25, 0.3) is 72.0 Å². The van der Waals surface area contributed by atoms with Crippen molar-refractivity contribution in [1.82, 2.24) is 4.57 Å². The largest absolute Gasteiger partial charge is 0.311 e. The van der Waals surface area contributed by atoms with Crippen LogP contribution in [0.3, 0.4) is 0 Å². The summed E-state index contributed by atoms with van der Waals surface area (Å²) in [5.41, 5.74) is 23.7. The van der Waals surface area contributed by atoms with E-state index >= 15 is 0 Å². The Balaban J connectivity index is 1.05. The molecule has 0 atom stereocenters. The van der Waals surface area contributed by atoms with Gasteiger partial charge in [-0.25, -0.2) is 0 Å². The summed E-state index contributed by atoms with van der Waals surface area (Å²) < 4.78 is 2.45. The molecule has 14 rings (SSSR count).